The molecule has 3 heteroatoms. The van der Waals surface area contributed by atoms with Gasteiger partial charge in [0.25, 0.3) is 0 Å². The normalized spacial score (nSPS) is 18.5. The highest BCUT2D eigenvalue weighted by Gasteiger charge is 2.21. The highest BCUT2D eigenvalue weighted by Crippen LogP contribution is 2.32. The van der Waals surface area contributed by atoms with Gasteiger partial charge in [0.05, 0.1) is 6.26 Å². The molecule has 0 saturated heterocycles. The Morgan fingerprint density at radius 3 is 2.94 bits per heavy atom. The average Bonchev–Trinajstić information content (AvgIpc) is 2.72. The second-order valence-electron chi connectivity index (χ2n) is 4.18. The van der Waals surface area contributed by atoms with E-state index in [1.165, 1.54) is 0 Å². The Hall–Kier alpha value is -1.77. The van der Waals surface area contributed by atoms with Crippen LogP contribution < -0.4 is 0 Å². The Balaban J connectivity index is 2.34. The molecule has 0 amide bonds. The van der Waals surface area contributed by atoms with Crippen molar-refractivity contribution in [2.75, 3.05) is 0 Å². The molecule has 0 radical (unpaired) electrons. The number of aryl methyl sites for hydroxylation is 1. The van der Waals surface area contributed by atoms with E-state index in [1.54, 1.807) is 6.26 Å². The summed E-state index contributed by atoms with van der Waals surface area (Å²) in [6.45, 7) is 2.06. The zero-order chi connectivity index (χ0) is 12.3. The van der Waals surface area contributed by atoms with E-state index in [2.05, 4.69) is 19.1 Å². The number of carboxylic acid groups (broad SMARTS) is 1. The van der Waals surface area contributed by atoms with E-state index < -0.39 is 5.97 Å². The minimum Gasteiger partial charge on any atom is -0.481 e. The standard InChI is InChI=1S/C14H16O3/c1-2-10-9-17-12(8-13(15)16)14(10)11-6-4-3-5-7-11/h3-6,9,11H,2,7-8H2,1H3,(H,15,16). The molecule has 0 aromatic carbocycles. The Bertz CT molecular complexity index is 466. The van der Waals surface area contributed by atoms with Crippen LogP contribution in [0.3, 0.4) is 0 Å². The Morgan fingerprint density at radius 2 is 2.35 bits per heavy atom. The summed E-state index contributed by atoms with van der Waals surface area (Å²) in [4.78, 5) is 10.8. The molecule has 1 aliphatic rings. The zero-order valence-corrected chi connectivity index (χ0v) is 9.85. The number of carbonyl (C=O) groups is 1. The first-order valence-electron chi connectivity index (χ1n) is 5.86. The fourth-order valence-corrected chi connectivity index (χ4v) is 2.24. The van der Waals surface area contributed by atoms with Gasteiger partial charge < -0.3 is 9.52 Å². The molecule has 3 nitrogen and oxygen atoms in total. The van der Waals surface area contributed by atoms with Crippen molar-refractivity contribution >= 4 is 5.97 Å². The largest absolute Gasteiger partial charge is 0.481 e. The van der Waals surface area contributed by atoms with Gasteiger partial charge >= 0.3 is 5.97 Å². The van der Waals surface area contributed by atoms with Gasteiger partial charge in [0, 0.05) is 11.5 Å². The first-order valence-corrected chi connectivity index (χ1v) is 5.86. The van der Waals surface area contributed by atoms with Crippen molar-refractivity contribution in [1.82, 2.24) is 0 Å². The summed E-state index contributed by atoms with van der Waals surface area (Å²) in [6, 6.07) is 0. The maximum atomic E-state index is 10.8. The van der Waals surface area contributed by atoms with Crippen molar-refractivity contribution in [3.63, 3.8) is 0 Å². The van der Waals surface area contributed by atoms with Crippen LogP contribution in [0.1, 0.15) is 36.1 Å². The summed E-state index contributed by atoms with van der Waals surface area (Å²) in [5, 5.41) is 8.88. The molecule has 0 aliphatic heterocycles. The molecular formula is C14H16O3. The third-order valence-electron chi connectivity index (χ3n) is 3.03. The number of aliphatic carboxylic acids is 1. The molecule has 90 valence electrons. The smallest absolute Gasteiger partial charge is 0.311 e. The highest BCUT2D eigenvalue weighted by atomic mass is 16.4. The van der Waals surface area contributed by atoms with Crippen molar-refractivity contribution in [3.8, 4) is 0 Å². The predicted octanol–water partition coefficient (Wildman–Crippen LogP) is 3.07. The Labute approximate surface area is 100 Å². The van der Waals surface area contributed by atoms with E-state index in [4.69, 9.17) is 9.52 Å². The molecule has 0 spiro atoms. The summed E-state index contributed by atoms with van der Waals surface area (Å²) in [6.07, 6.45) is 11.7. The van der Waals surface area contributed by atoms with Gasteiger partial charge in [0.1, 0.15) is 12.2 Å². The van der Waals surface area contributed by atoms with Gasteiger partial charge in [-0.1, -0.05) is 31.2 Å². The molecule has 0 fully saturated rings. The lowest BCUT2D eigenvalue weighted by Gasteiger charge is -2.14. The lowest BCUT2D eigenvalue weighted by molar-refractivity contribution is -0.136. The maximum absolute atomic E-state index is 10.8. The number of carboxylic acids is 1. The van der Waals surface area contributed by atoms with E-state index >= 15 is 0 Å². The minimum absolute atomic E-state index is 0.0383. The number of furan rings is 1. The van der Waals surface area contributed by atoms with Crippen molar-refractivity contribution in [3.05, 3.63) is 47.5 Å². The second kappa shape index (κ2) is 5.04. The van der Waals surface area contributed by atoms with Gasteiger partial charge in [-0.3, -0.25) is 4.79 Å². The maximum Gasteiger partial charge on any atom is 0.311 e. The van der Waals surface area contributed by atoms with Gasteiger partial charge in [-0.15, -0.1) is 0 Å². The van der Waals surface area contributed by atoms with Crippen LogP contribution in [0.4, 0.5) is 0 Å². The van der Waals surface area contributed by atoms with E-state index in [0.717, 1.165) is 24.0 Å². The average molecular weight is 232 g/mol. The summed E-state index contributed by atoms with van der Waals surface area (Å²) < 4.78 is 5.41. The summed E-state index contributed by atoms with van der Waals surface area (Å²) in [7, 11) is 0. The topological polar surface area (TPSA) is 50.4 Å². The first kappa shape index (κ1) is 11.7. The van der Waals surface area contributed by atoms with Crippen molar-refractivity contribution in [2.45, 2.75) is 32.1 Å². The van der Waals surface area contributed by atoms with Gasteiger partial charge in [-0.25, -0.2) is 0 Å². The molecule has 0 saturated carbocycles. The van der Waals surface area contributed by atoms with Crippen LogP contribution in [-0.2, 0) is 17.6 Å². The third-order valence-corrected chi connectivity index (χ3v) is 3.03. The quantitative estimate of drug-likeness (QED) is 0.867. The first-order chi connectivity index (χ1) is 8.22. The number of allylic oxidation sites excluding steroid dienone is 4. The number of hydrogen-bond donors (Lipinski definition) is 1. The summed E-state index contributed by atoms with van der Waals surface area (Å²) >= 11 is 0. The number of rotatable bonds is 4. The zero-order valence-electron chi connectivity index (χ0n) is 9.85. The molecule has 17 heavy (non-hydrogen) atoms. The van der Waals surface area contributed by atoms with Crippen LogP contribution in [0, 0.1) is 0 Å². The fourth-order valence-electron chi connectivity index (χ4n) is 2.24. The van der Waals surface area contributed by atoms with E-state index in [-0.39, 0.29) is 12.3 Å². The molecular weight excluding hydrogens is 216 g/mol. The van der Waals surface area contributed by atoms with Crippen molar-refractivity contribution < 1.29 is 14.3 Å². The second-order valence-corrected chi connectivity index (χ2v) is 4.18. The minimum atomic E-state index is -0.849. The molecule has 1 atom stereocenters. The molecule has 1 N–H and O–H groups in total. The molecule has 2 rings (SSSR count). The van der Waals surface area contributed by atoms with Crippen LogP contribution in [0.25, 0.3) is 0 Å². The van der Waals surface area contributed by atoms with Gasteiger partial charge in [-0.2, -0.15) is 0 Å². The van der Waals surface area contributed by atoms with E-state index in [1.807, 2.05) is 12.2 Å². The molecule has 1 heterocycles. The van der Waals surface area contributed by atoms with Gasteiger partial charge in [-0.05, 0) is 18.4 Å². The van der Waals surface area contributed by atoms with Crippen LogP contribution in [0.2, 0.25) is 0 Å². The van der Waals surface area contributed by atoms with Gasteiger partial charge in [0.15, 0.2) is 0 Å². The highest BCUT2D eigenvalue weighted by molar-refractivity contribution is 5.70. The monoisotopic (exact) mass is 232 g/mol. The molecule has 1 aliphatic carbocycles. The van der Waals surface area contributed by atoms with Crippen molar-refractivity contribution in [2.24, 2.45) is 0 Å². The van der Waals surface area contributed by atoms with Crippen molar-refractivity contribution in [1.29, 1.82) is 0 Å². The lowest BCUT2D eigenvalue weighted by atomic mass is 9.88. The lowest BCUT2D eigenvalue weighted by Crippen LogP contribution is -2.06. The third kappa shape index (κ3) is 2.49. The van der Waals surface area contributed by atoms with Crippen LogP contribution in [0.15, 0.2) is 35.0 Å². The SMILES string of the molecule is CCc1coc(CC(=O)O)c1C1C=CC=CC1. The summed E-state index contributed by atoms with van der Waals surface area (Å²) in [5.41, 5.74) is 2.18. The van der Waals surface area contributed by atoms with E-state index in [9.17, 15) is 4.79 Å². The Kier molecular flexibility index (Phi) is 3.47. The molecule has 1 aromatic heterocycles. The van der Waals surface area contributed by atoms with Crippen LogP contribution in [0.5, 0.6) is 0 Å². The van der Waals surface area contributed by atoms with Crippen LogP contribution >= 0.6 is 0 Å². The predicted molar refractivity (Wildman–Crippen MR) is 65.1 cm³/mol. The number of hydrogen-bond acceptors (Lipinski definition) is 2. The molecule has 1 aromatic rings. The summed E-state index contributed by atoms with van der Waals surface area (Å²) in [5.74, 6) is 0.000865. The van der Waals surface area contributed by atoms with Gasteiger partial charge in [0.2, 0.25) is 0 Å². The van der Waals surface area contributed by atoms with Crippen LogP contribution in [-0.4, -0.2) is 11.1 Å². The van der Waals surface area contributed by atoms with E-state index in [0.29, 0.717) is 5.76 Å². The molecule has 0 bridgehead atoms. The fraction of sp³-hybridized carbons (Fsp3) is 0.357. The molecule has 1 unspecified atom stereocenters. The Morgan fingerprint density at radius 1 is 1.53 bits per heavy atom.